The third kappa shape index (κ3) is 3.47. The Morgan fingerprint density at radius 2 is 2.00 bits per heavy atom. The van der Waals surface area contributed by atoms with Crippen LogP contribution in [0.5, 0.6) is 0 Å². The van der Waals surface area contributed by atoms with E-state index in [4.69, 9.17) is 0 Å². The highest BCUT2D eigenvalue weighted by atomic mass is 79.9. The van der Waals surface area contributed by atoms with Crippen LogP contribution in [-0.4, -0.2) is 16.8 Å². The molecule has 1 fully saturated rings. The van der Waals surface area contributed by atoms with Gasteiger partial charge in [-0.3, -0.25) is 4.79 Å². The molecule has 0 aromatic heterocycles. The van der Waals surface area contributed by atoms with Gasteiger partial charge in [0.1, 0.15) is 0 Å². The lowest BCUT2D eigenvalue weighted by atomic mass is 9.82. The number of nitrogens with one attached hydrogen (secondary N) is 1. The van der Waals surface area contributed by atoms with Crippen molar-refractivity contribution in [2.75, 3.05) is 5.33 Å². The average Bonchev–Trinajstić information content (AvgIpc) is 2.20. The van der Waals surface area contributed by atoms with E-state index in [2.05, 4.69) is 35.1 Å². The zero-order chi connectivity index (χ0) is 11.3. The summed E-state index contributed by atoms with van der Waals surface area (Å²) in [6, 6.07) is 0. The number of hydrogen-bond acceptors (Lipinski definition) is 1. The molecule has 1 aliphatic rings. The molecule has 0 aromatic rings. The molecule has 1 N–H and O–H groups in total. The molecule has 0 aliphatic heterocycles. The summed E-state index contributed by atoms with van der Waals surface area (Å²) in [5.74, 6) is 0.898. The second kappa shape index (κ2) is 5.88. The summed E-state index contributed by atoms with van der Waals surface area (Å²) >= 11 is 3.50. The van der Waals surface area contributed by atoms with Gasteiger partial charge in [-0.2, -0.15) is 0 Å². The second-order valence-corrected chi connectivity index (χ2v) is 5.23. The Hall–Kier alpha value is -0.0500. The molecular weight excluding hydrogens is 254 g/mol. The van der Waals surface area contributed by atoms with Crippen LogP contribution in [0.25, 0.3) is 0 Å². The molecule has 1 amide bonds. The van der Waals surface area contributed by atoms with Gasteiger partial charge in [-0.25, -0.2) is 0 Å². The van der Waals surface area contributed by atoms with Crippen LogP contribution in [0.2, 0.25) is 0 Å². The van der Waals surface area contributed by atoms with Crippen molar-refractivity contribution in [2.45, 2.75) is 57.9 Å². The fourth-order valence-electron chi connectivity index (χ4n) is 1.96. The van der Waals surface area contributed by atoms with Crippen molar-refractivity contribution in [1.29, 1.82) is 0 Å². The summed E-state index contributed by atoms with van der Waals surface area (Å²) in [6.07, 6.45) is 6.51. The lowest BCUT2D eigenvalue weighted by molar-refractivity contribution is -0.124. The van der Waals surface area contributed by atoms with E-state index in [0.717, 1.165) is 24.6 Å². The molecule has 0 bridgehead atoms. The van der Waals surface area contributed by atoms with E-state index in [-0.39, 0.29) is 11.4 Å². The van der Waals surface area contributed by atoms with Gasteiger partial charge in [-0.05, 0) is 31.6 Å². The van der Waals surface area contributed by atoms with Crippen LogP contribution in [0.15, 0.2) is 0 Å². The van der Waals surface area contributed by atoms with Crippen LogP contribution in [0, 0.1) is 5.92 Å². The summed E-state index contributed by atoms with van der Waals surface area (Å²) in [5, 5.41) is 4.04. The van der Waals surface area contributed by atoms with Gasteiger partial charge < -0.3 is 5.32 Å². The first-order valence-electron chi connectivity index (χ1n) is 6.02. The molecule has 0 atom stereocenters. The van der Waals surface area contributed by atoms with Crippen LogP contribution in [0.4, 0.5) is 0 Å². The maximum atomic E-state index is 11.8. The Labute approximate surface area is 101 Å². The maximum absolute atomic E-state index is 11.8. The van der Waals surface area contributed by atoms with Crippen molar-refractivity contribution >= 4 is 21.8 Å². The summed E-state index contributed by atoms with van der Waals surface area (Å²) < 4.78 is 0. The largest absolute Gasteiger partial charge is 0.350 e. The van der Waals surface area contributed by atoms with Gasteiger partial charge in [0.15, 0.2) is 0 Å². The lowest BCUT2D eigenvalue weighted by Crippen LogP contribution is -2.49. The minimum absolute atomic E-state index is 0.0270. The van der Waals surface area contributed by atoms with E-state index >= 15 is 0 Å². The quantitative estimate of drug-likeness (QED) is 0.741. The lowest BCUT2D eigenvalue weighted by Gasteiger charge is -2.33. The molecule has 0 heterocycles. The molecule has 15 heavy (non-hydrogen) atoms. The monoisotopic (exact) mass is 275 g/mol. The van der Waals surface area contributed by atoms with Crippen LogP contribution in [0.1, 0.15) is 52.4 Å². The van der Waals surface area contributed by atoms with E-state index in [1.54, 1.807) is 0 Å². The van der Waals surface area contributed by atoms with Gasteiger partial charge in [0.05, 0.1) is 0 Å². The highest BCUT2D eigenvalue weighted by Gasteiger charge is 2.28. The van der Waals surface area contributed by atoms with Crippen LogP contribution < -0.4 is 5.32 Å². The number of rotatable bonds is 6. The van der Waals surface area contributed by atoms with Crippen molar-refractivity contribution in [3.8, 4) is 0 Å². The summed E-state index contributed by atoms with van der Waals surface area (Å²) in [4.78, 5) is 11.8. The predicted molar refractivity (Wildman–Crippen MR) is 67.2 cm³/mol. The highest BCUT2D eigenvalue weighted by Crippen LogP contribution is 2.29. The third-order valence-electron chi connectivity index (χ3n) is 3.71. The fourth-order valence-corrected chi connectivity index (χ4v) is 2.89. The molecule has 1 rings (SSSR count). The number of hydrogen-bond donors (Lipinski definition) is 1. The average molecular weight is 276 g/mol. The molecule has 0 aromatic carbocycles. The van der Waals surface area contributed by atoms with E-state index in [1.807, 2.05) is 0 Å². The van der Waals surface area contributed by atoms with E-state index in [9.17, 15) is 4.79 Å². The number of carbonyl (C=O) groups is 1. The second-order valence-electron chi connectivity index (χ2n) is 4.67. The van der Waals surface area contributed by atoms with Crippen LogP contribution >= 0.6 is 15.9 Å². The third-order valence-corrected chi connectivity index (χ3v) is 4.79. The first-order valence-corrected chi connectivity index (χ1v) is 7.15. The Bertz CT molecular complexity index is 201. The minimum Gasteiger partial charge on any atom is -0.350 e. The van der Waals surface area contributed by atoms with Gasteiger partial charge in [-0.15, -0.1) is 0 Å². The van der Waals surface area contributed by atoms with E-state index < -0.39 is 0 Å². The molecule has 0 spiro atoms. The maximum Gasteiger partial charge on any atom is 0.220 e. The van der Waals surface area contributed by atoms with Gasteiger partial charge in [0, 0.05) is 17.3 Å². The molecule has 88 valence electrons. The molecule has 1 saturated carbocycles. The molecule has 0 saturated heterocycles. The normalized spacial score (nSPS) is 17.3. The number of carbonyl (C=O) groups excluding carboxylic acids is 1. The minimum atomic E-state index is -0.0270. The van der Waals surface area contributed by atoms with Crippen molar-refractivity contribution in [3.05, 3.63) is 0 Å². The number of alkyl halides is 1. The van der Waals surface area contributed by atoms with Crippen molar-refractivity contribution in [3.63, 3.8) is 0 Å². The predicted octanol–water partition coefficient (Wildman–Crippen LogP) is 3.25. The first-order chi connectivity index (χ1) is 7.15. The molecule has 3 heteroatoms. The fraction of sp³-hybridized carbons (Fsp3) is 0.917. The van der Waals surface area contributed by atoms with Crippen molar-refractivity contribution in [1.82, 2.24) is 5.32 Å². The Morgan fingerprint density at radius 1 is 1.40 bits per heavy atom. The van der Waals surface area contributed by atoms with Crippen LogP contribution in [-0.2, 0) is 4.79 Å². The molecular formula is C12H22BrNO. The van der Waals surface area contributed by atoms with Gasteiger partial charge in [-0.1, -0.05) is 36.2 Å². The Kier molecular flexibility index (Phi) is 5.10. The molecule has 2 nitrogen and oxygen atoms in total. The summed E-state index contributed by atoms with van der Waals surface area (Å²) in [5.41, 5.74) is -0.0270. The van der Waals surface area contributed by atoms with E-state index in [0.29, 0.717) is 5.92 Å². The number of amides is 1. The molecule has 0 unspecified atom stereocenters. The number of halogens is 1. The zero-order valence-electron chi connectivity index (χ0n) is 9.81. The molecule has 0 radical (unpaired) electrons. The Balaban J connectivity index is 2.38. The molecule has 1 aliphatic carbocycles. The highest BCUT2D eigenvalue weighted by molar-refractivity contribution is 9.09. The SMILES string of the molecule is CCC(CC)(CBr)NC(=O)CC1CCC1. The van der Waals surface area contributed by atoms with Gasteiger partial charge in [0.25, 0.3) is 0 Å². The standard InChI is InChI=1S/C12H22BrNO/c1-3-12(4-2,9-13)14-11(15)8-10-6-5-7-10/h10H,3-9H2,1-2H3,(H,14,15). The topological polar surface area (TPSA) is 29.1 Å². The van der Waals surface area contributed by atoms with Crippen LogP contribution in [0.3, 0.4) is 0 Å². The van der Waals surface area contributed by atoms with Gasteiger partial charge in [0.2, 0.25) is 5.91 Å². The van der Waals surface area contributed by atoms with Gasteiger partial charge >= 0.3 is 0 Å². The zero-order valence-corrected chi connectivity index (χ0v) is 11.4. The smallest absolute Gasteiger partial charge is 0.220 e. The summed E-state index contributed by atoms with van der Waals surface area (Å²) in [7, 11) is 0. The van der Waals surface area contributed by atoms with Crippen molar-refractivity contribution in [2.24, 2.45) is 5.92 Å². The van der Waals surface area contributed by atoms with E-state index in [1.165, 1.54) is 19.3 Å². The Morgan fingerprint density at radius 3 is 2.33 bits per heavy atom. The van der Waals surface area contributed by atoms with Crippen molar-refractivity contribution < 1.29 is 4.79 Å². The first kappa shape index (κ1) is 13.0. The summed E-state index contributed by atoms with van der Waals surface area (Å²) in [6.45, 7) is 4.27.